The zero-order valence-corrected chi connectivity index (χ0v) is 15.7. The Labute approximate surface area is 153 Å². The highest BCUT2D eigenvalue weighted by Crippen LogP contribution is 2.39. The molecule has 0 spiro atoms. The van der Waals surface area contributed by atoms with Crippen LogP contribution in [0, 0.1) is 11.3 Å². The Bertz CT molecular complexity index is 772. The fourth-order valence-corrected chi connectivity index (χ4v) is 2.80. The molecular weight excluding hydrogens is 334 g/mol. The molecule has 138 valence electrons. The number of benzene rings is 2. The average Bonchev–Trinajstić information content (AvgIpc) is 2.70. The van der Waals surface area contributed by atoms with Crippen molar-refractivity contribution >= 4 is 0 Å². The highest BCUT2D eigenvalue weighted by molar-refractivity contribution is 5.54. The zero-order chi connectivity index (χ0) is 19.1. The van der Waals surface area contributed by atoms with E-state index in [2.05, 4.69) is 6.07 Å². The molecule has 0 saturated heterocycles. The predicted octanol–water partition coefficient (Wildman–Crippen LogP) is 3.58. The number of nitriles is 1. The summed E-state index contributed by atoms with van der Waals surface area (Å²) in [5, 5.41) is 9.68. The molecule has 0 aromatic heterocycles. The SMILES string of the molecule is COc1ccc([C@H](C#N)Cc2cc(OC)c(OC)c(OC)c2)cc1OC. The van der Waals surface area contributed by atoms with Crippen molar-refractivity contribution in [3.05, 3.63) is 41.5 Å². The van der Waals surface area contributed by atoms with Gasteiger partial charge in [0.15, 0.2) is 23.0 Å². The monoisotopic (exact) mass is 357 g/mol. The Morgan fingerprint density at radius 2 is 1.35 bits per heavy atom. The second-order valence-corrected chi connectivity index (χ2v) is 5.53. The number of rotatable bonds is 8. The minimum atomic E-state index is -0.363. The van der Waals surface area contributed by atoms with E-state index in [0.717, 1.165) is 11.1 Å². The van der Waals surface area contributed by atoms with Gasteiger partial charge < -0.3 is 23.7 Å². The molecule has 0 N–H and O–H groups in total. The highest BCUT2D eigenvalue weighted by atomic mass is 16.5. The smallest absolute Gasteiger partial charge is 0.203 e. The summed E-state index contributed by atoms with van der Waals surface area (Å²) in [4.78, 5) is 0. The van der Waals surface area contributed by atoms with Crippen LogP contribution in [0.4, 0.5) is 0 Å². The molecule has 0 bridgehead atoms. The first kappa shape index (κ1) is 19.3. The van der Waals surface area contributed by atoms with Gasteiger partial charge in [-0.2, -0.15) is 5.26 Å². The van der Waals surface area contributed by atoms with Gasteiger partial charge in [-0.3, -0.25) is 0 Å². The van der Waals surface area contributed by atoms with Gasteiger partial charge in [-0.25, -0.2) is 0 Å². The highest BCUT2D eigenvalue weighted by Gasteiger charge is 2.18. The summed E-state index contributed by atoms with van der Waals surface area (Å²) >= 11 is 0. The van der Waals surface area contributed by atoms with Crippen LogP contribution in [-0.4, -0.2) is 35.5 Å². The van der Waals surface area contributed by atoms with Gasteiger partial charge in [0.2, 0.25) is 5.75 Å². The summed E-state index contributed by atoms with van der Waals surface area (Å²) in [5.41, 5.74) is 1.75. The van der Waals surface area contributed by atoms with Gasteiger partial charge in [0.1, 0.15) is 0 Å². The Hall–Kier alpha value is -3.07. The molecule has 0 aliphatic rings. The number of methoxy groups -OCH3 is 5. The van der Waals surface area contributed by atoms with E-state index >= 15 is 0 Å². The van der Waals surface area contributed by atoms with Crippen molar-refractivity contribution in [3.63, 3.8) is 0 Å². The average molecular weight is 357 g/mol. The molecular formula is C20H23NO5. The summed E-state index contributed by atoms with van der Waals surface area (Å²) in [6.07, 6.45) is 0.489. The lowest BCUT2D eigenvalue weighted by atomic mass is 9.92. The van der Waals surface area contributed by atoms with Crippen LogP contribution in [0.1, 0.15) is 17.0 Å². The fourth-order valence-electron chi connectivity index (χ4n) is 2.80. The van der Waals surface area contributed by atoms with E-state index in [-0.39, 0.29) is 5.92 Å². The Morgan fingerprint density at radius 1 is 0.769 bits per heavy atom. The van der Waals surface area contributed by atoms with Crippen LogP contribution in [0.15, 0.2) is 30.3 Å². The summed E-state index contributed by atoms with van der Waals surface area (Å²) in [5.74, 6) is 2.50. The fraction of sp³-hybridized carbons (Fsp3) is 0.350. The zero-order valence-electron chi connectivity index (χ0n) is 15.7. The van der Waals surface area contributed by atoms with Crippen LogP contribution in [-0.2, 0) is 6.42 Å². The molecule has 0 aliphatic carbocycles. The van der Waals surface area contributed by atoms with Crippen molar-refractivity contribution < 1.29 is 23.7 Å². The molecule has 26 heavy (non-hydrogen) atoms. The van der Waals surface area contributed by atoms with E-state index < -0.39 is 0 Å². The third kappa shape index (κ3) is 3.94. The van der Waals surface area contributed by atoms with Crippen LogP contribution in [0.5, 0.6) is 28.7 Å². The van der Waals surface area contributed by atoms with Crippen LogP contribution < -0.4 is 23.7 Å². The van der Waals surface area contributed by atoms with E-state index in [4.69, 9.17) is 23.7 Å². The van der Waals surface area contributed by atoms with Crippen LogP contribution in [0.3, 0.4) is 0 Å². The first-order valence-corrected chi connectivity index (χ1v) is 8.02. The minimum absolute atomic E-state index is 0.363. The largest absolute Gasteiger partial charge is 0.493 e. The topological polar surface area (TPSA) is 69.9 Å². The van der Waals surface area contributed by atoms with E-state index in [1.54, 1.807) is 41.6 Å². The molecule has 0 unspecified atom stereocenters. The number of hydrogen-bond acceptors (Lipinski definition) is 6. The van der Waals surface area contributed by atoms with Crippen molar-refractivity contribution in [2.75, 3.05) is 35.5 Å². The Morgan fingerprint density at radius 3 is 1.81 bits per heavy atom. The molecule has 2 aromatic rings. The molecule has 1 atom stereocenters. The third-order valence-electron chi connectivity index (χ3n) is 4.13. The predicted molar refractivity (Wildman–Crippen MR) is 97.7 cm³/mol. The summed E-state index contributed by atoms with van der Waals surface area (Å²) in [6, 6.07) is 11.5. The van der Waals surface area contributed by atoms with E-state index in [9.17, 15) is 5.26 Å². The Kier molecular flexibility index (Phi) is 6.56. The van der Waals surface area contributed by atoms with Crippen molar-refractivity contribution in [2.24, 2.45) is 0 Å². The summed E-state index contributed by atoms with van der Waals surface area (Å²) in [7, 11) is 7.84. The number of nitrogens with zero attached hydrogens (tertiary/aromatic N) is 1. The molecule has 2 rings (SSSR count). The third-order valence-corrected chi connectivity index (χ3v) is 4.13. The van der Waals surface area contributed by atoms with Crippen molar-refractivity contribution in [2.45, 2.75) is 12.3 Å². The molecule has 6 heteroatoms. The van der Waals surface area contributed by atoms with Crippen LogP contribution in [0.25, 0.3) is 0 Å². The molecule has 0 aliphatic heterocycles. The molecule has 6 nitrogen and oxygen atoms in total. The maximum absolute atomic E-state index is 9.68. The number of hydrogen-bond donors (Lipinski definition) is 0. The van der Waals surface area contributed by atoms with Gasteiger partial charge >= 0.3 is 0 Å². The number of ether oxygens (including phenoxy) is 5. The molecule has 0 saturated carbocycles. The molecule has 0 heterocycles. The summed E-state index contributed by atoms with van der Waals surface area (Å²) < 4.78 is 26.7. The van der Waals surface area contributed by atoms with E-state index in [1.807, 2.05) is 24.3 Å². The van der Waals surface area contributed by atoms with Gasteiger partial charge in [-0.15, -0.1) is 0 Å². The van der Waals surface area contributed by atoms with Crippen LogP contribution >= 0.6 is 0 Å². The second-order valence-electron chi connectivity index (χ2n) is 5.53. The van der Waals surface area contributed by atoms with Crippen molar-refractivity contribution in [3.8, 4) is 34.8 Å². The van der Waals surface area contributed by atoms with Crippen molar-refractivity contribution in [1.82, 2.24) is 0 Å². The van der Waals surface area contributed by atoms with Gasteiger partial charge in [-0.1, -0.05) is 6.07 Å². The lowest BCUT2D eigenvalue weighted by Gasteiger charge is -2.16. The maximum Gasteiger partial charge on any atom is 0.203 e. The van der Waals surface area contributed by atoms with Gasteiger partial charge in [-0.05, 0) is 41.8 Å². The molecule has 0 fully saturated rings. The van der Waals surface area contributed by atoms with E-state index in [0.29, 0.717) is 35.2 Å². The molecule has 0 radical (unpaired) electrons. The normalized spacial score (nSPS) is 11.2. The van der Waals surface area contributed by atoms with E-state index in [1.165, 1.54) is 0 Å². The van der Waals surface area contributed by atoms with Gasteiger partial charge in [0.05, 0.1) is 47.5 Å². The lowest BCUT2D eigenvalue weighted by molar-refractivity contribution is 0.323. The van der Waals surface area contributed by atoms with Crippen molar-refractivity contribution in [1.29, 1.82) is 5.26 Å². The first-order chi connectivity index (χ1) is 12.6. The minimum Gasteiger partial charge on any atom is -0.493 e. The van der Waals surface area contributed by atoms with Gasteiger partial charge in [0.25, 0.3) is 0 Å². The second kappa shape index (κ2) is 8.86. The first-order valence-electron chi connectivity index (χ1n) is 8.02. The molecule has 2 aromatic carbocycles. The lowest BCUT2D eigenvalue weighted by Crippen LogP contribution is -2.03. The quantitative estimate of drug-likeness (QED) is 0.719. The standard InChI is InChI=1S/C20H23NO5/c1-22-16-7-6-14(11-17(16)23-2)15(12-21)8-13-9-18(24-3)20(26-5)19(10-13)25-4/h6-7,9-11,15H,8H2,1-5H3/t15-/m0/s1. The summed E-state index contributed by atoms with van der Waals surface area (Å²) in [6.45, 7) is 0. The van der Waals surface area contributed by atoms with Gasteiger partial charge in [0, 0.05) is 0 Å². The molecule has 0 amide bonds. The Balaban J connectivity index is 2.38. The van der Waals surface area contributed by atoms with Crippen LogP contribution in [0.2, 0.25) is 0 Å². The maximum atomic E-state index is 9.68.